The first-order valence-corrected chi connectivity index (χ1v) is 7.00. The average Bonchev–Trinajstić information content (AvgIpc) is 2.46. The van der Waals surface area contributed by atoms with Gasteiger partial charge in [0.2, 0.25) is 0 Å². The van der Waals surface area contributed by atoms with E-state index in [2.05, 4.69) is 15.9 Å². The third-order valence-corrected chi connectivity index (χ3v) is 3.73. The minimum absolute atomic E-state index is 0.0462. The van der Waals surface area contributed by atoms with Gasteiger partial charge in [-0.05, 0) is 30.7 Å². The maximum Gasteiger partial charge on any atom is 0.273 e. The molecule has 4 nitrogen and oxygen atoms in total. The molecule has 0 aliphatic rings. The van der Waals surface area contributed by atoms with E-state index in [0.29, 0.717) is 11.1 Å². The molecule has 0 aromatic heterocycles. The smallest absolute Gasteiger partial charge is 0.273 e. The summed E-state index contributed by atoms with van der Waals surface area (Å²) < 4.78 is 0.879. The molecule has 0 atom stereocenters. The topological polar surface area (TPSA) is 60.2 Å². The van der Waals surface area contributed by atoms with Gasteiger partial charge in [-0.2, -0.15) is 0 Å². The summed E-state index contributed by atoms with van der Waals surface area (Å²) in [5, 5.41) is 10.9. The van der Waals surface area contributed by atoms with E-state index in [-0.39, 0.29) is 11.5 Å². The van der Waals surface area contributed by atoms with Crippen LogP contribution in [0.3, 0.4) is 0 Å². The highest BCUT2D eigenvalue weighted by Gasteiger charge is 2.13. The van der Waals surface area contributed by atoms with Gasteiger partial charge < -0.3 is 0 Å². The van der Waals surface area contributed by atoms with Crippen molar-refractivity contribution in [2.45, 2.75) is 6.92 Å². The number of hydrogen-bond donors (Lipinski definition) is 0. The Bertz CT molecular complexity index is 738. The number of nitrogens with zero attached hydrogens (tertiary/aromatic N) is 1. The molecule has 0 aliphatic heterocycles. The van der Waals surface area contributed by atoms with Crippen LogP contribution in [0.2, 0.25) is 0 Å². The Kier molecular flexibility index (Phi) is 4.65. The van der Waals surface area contributed by atoms with Crippen LogP contribution in [0.1, 0.15) is 21.5 Å². The molecule has 0 bridgehead atoms. The van der Waals surface area contributed by atoms with Crippen LogP contribution in [0.15, 0.2) is 53.0 Å². The maximum absolute atomic E-state index is 12.1. The minimum Gasteiger partial charge on any atom is -0.289 e. The number of aryl methyl sites for hydroxylation is 1. The number of allylic oxidation sites excluding steroid dienone is 1. The highest BCUT2D eigenvalue weighted by atomic mass is 79.9. The number of hydrogen-bond acceptors (Lipinski definition) is 3. The summed E-state index contributed by atoms with van der Waals surface area (Å²) >= 11 is 3.39. The standard InChI is InChI=1S/C16H12BrNO3/c1-11-6-7-13(10-15(11)18(20)21)16(19)9-8-12-4-2-3-5-14(12)17/h2-10H,1H3. The maximum atomic E-state index is 12.1. The molecule has 21 heavy (non-hydrogen) atoms. The second kappa shape index (κ2) is 6.45. The number of ketones is 1. The second-order valence-corrected chi connectivity index (χ2v) is 5.33. The number of benzene rings is 2. The number of carbonyl (C=O) groups excluding carboxylic acids is 1. The molecular weight excluding hydrogens is 334 g/mol. The van der Waals surface area contributed by atoms with Gasteiger partial charge in [0.25, 0.3) is 5.69 Å². The zero-order valence-electron chi connectivity index (χ0n) is 11.2. The SMILES string of the molecule is Cc1ccc(C(=O)C=Cc2ccccc2Br)cc1[N+](=O)[O-]. The van der Waals surface area contributed by atoms with Gasteiger partial charge in [-0.1, -0.05) is 46.3 Å². The molecule has 0 amide bonds. The number of carbonyl (C=O) groups is 1. The summed E-state index contributed by atoms with van der Waals surface area (Å²) in [7, 11) is 0. The lowest BCUT2D eigenvalue weighted by atomic mass is 10.1. The predicted octanol–water partition coefficient (Wildman–Crippen LogP) is 4.56. The van der Waals surface area contributed by atoms with Crippen LogP contribution in [0.25, 0.3) is 6.08 Å². The number of nitro benzene ring substituents is 1. The number of halogens is 1. The van der Waals surface area contributed by atoms with Gasteiger partial charge in [0.1, 0.15) is 0 Å². The molecule has 0 fully saturated rings. The van der Waals surface area contributed by atoms with Crippen LogP contribution < -0.4 is 0 Å². The largest absolute Gasteiger partial charge is 0.289 e. The Morgan fingerprint density at radius 1 is 1.24 bits per heavy atom. The predicted molar refractivity (Wildman–Crippen MR) is 85.3 cm³/mol. The summed E-state index contributed by atoms with van der Waals surface area (Å²) in [6.07, 6.45) is 3.09. The molecule has 0 unspecified atom stereocenters. The normalized spacial score (nSPS) is 10.8. The summed E-state index contributed by atoms with van der Waals surface area (Å²) in [6.45, 7) is 1.64. The van der Waals surface area contributed by atoms with Crippen molar-refractivity contribution < 1.29 is 9.72 Å². The van der Waals surface area contributed by atoms with Crippen molar-refractivity contribution in [1.82, 2.24) is 0 Å². The fourth-order valence-corrected chi connectivity index (χ4v) is 2.25. The van der Waals surface area contributed by atoms with E-state index in [1.54, 1.807) is 25.1 Å². The molecule has 2 aromatic rings. The molecule has 2 aromatic carbocycles. The molecule has 0 saturated carbocycles. The number of nitro groups is 1. The van der Waals surface area contributed by atoms with Crippen molar-refractivity contribution in [3.63, 3.8) is 0 Å². The third kappa shape index (κ3) is 3.64. The summed E-state index contributed by atoms with van der Waals surface area (Å²) in [5.41, 5.74) is 1.66. The van der Waals surface area contributed by atoms with Gasteiger partial charge in [-0.25, -0.2) is 0 Å². The van der Waals surface area contributed by atoms with Crippen molar-refractivity contribution >= 4 is 33.5 Å². The highest BCUT2D eigenvalue weighted by molar-refractivity contribution is 9.10. The second-order valence-electron chi connectivity index (χ2n) is 4.48. The Labute approximate surface area is 130 Å². The lowest BCUT2D eigenvalue weighted by Gasteiger charge is -2.00. The van der Waals surface area contributed by atoms with Crippen molar-refractivity contribution in [2.24, 2.45) is 0 Å². The van der Waals surface area contributed by atoms with Crippen LogP contribution in [0, 0.1) is 17.0 Å². The molecule has 0 aliphatic carbocycles. The van der Waals surface area contributed by atoms with Crippen molar-refractivity contribution in [2.75, 3.05) is 0 Å². The molecule has 106 valence electrons. The van der Waals surface area contributed by atoms with E-state index < -0.39 is 4.92 Å². The third-order valence-electron chi connectivity index (χ3n) is 3.01. The Balaban J connectivity index is 2.27. The van der Waals surface area contributed by atoms with Gasteiger partial charge in [-0.3, -0.25) is 14.9 Å². The van der Waals surface area contributed by atoms with E-state index in [1.807, 2.05) is 24.3 Å². The first-order chi connectivity index (χ1) is 9.99. The molecular formula is C16H12BrNO3. The summed E-state index contributed by atoms with van der Waals surface area (Å²) in [5.74, 6) is -0.270. The minimum atomic E-state index is -0.483. The van der Waals surface area contributed by atoms with Gasteiger partial charge in [0, 0.05) is 21.7 Å². The van der Waals surface area contributed by atoms with Crippen LogP contribution >= 0.6 is 15.9 Å². The zero-order valence-corrected chi connectivity index (χ0v) is 12.8. The quantitative estimate of drug-likeness (QED) is 0.353. The molecule has 0 saturated heterocycles. The molecule has 0 radical (unpaired) electrons. The van der Waals surface area contributed by atoms with Gasteiger partial charge in [-0.15, -0.1) is 0 Å². The fraction of sp³-hybridized carbons (Fsp3) is 0.0625. The van der Waals surface area contributed by atoms with Crippen LogP contribution in [0.5, 0.6) is 0 Å². The Hall–Kier alpha value is -2.27. The van der Waals surface area contributed by atoms with Crippen LogP contribution in [-0.4, -0.2) is 10.7 Å². The molecule has 0 N–H and O–H groups in total. The summed E-state index contributed by atoms with van der Waals surface area (Å²) in [6, 6.07) is 12.0. The first kappa shape index (κ1) is 15.1. The van der Waals surface area contributed by atoms with E-state index in [0.717, 1.165) is 10.0 Å². The Morgan fingerprint density at radius 3 is 2.62 bits per heavy atom. The van der Waals surface area contributed by atoms with Gasteiger partial charge >= 0.3 is 0 Å². The first-order valence-electron chi connectivity index (χ1n) is 6.21. The molecule has 5 heteroatoms. The molecule has 2 rings (SSSR count). The highest BCUT2D eigenvalue weighted by Crippen LogP contribution is 2.21. The monoisotopic (exact) mass is 345 g/mol. The van der Waals surface area contributed by atoms with Gasteiger partial charge in [0.15, 0.2) is 5.78 Å². The van der Waals surface area contributed by atoms with E-state index in [4.69, 9.17) is 0 Å². The number of rotatable bonds is 4. The Morgan fingerprint density at radius 2 is 1.95 bits per heavy atom. The van der Waals surface area contributed by atoms with E-state index in [9.17, 15) is 14.9 Å². The zero-order chi connectivity index (χ0) is 15.4. The van der Waals surface area contributed by atoms with Crippen molar-refractivity contribution in [1.29, 1.82) is 0 Å². The van der Waals surface area contributed by atoms with Crippen molar-refractivity contribution in [3.05, 3.63) is 79.8 Å². The van der Waals surface area contributed by atoms with Gasteiger partial charge in [0.05, 0.1) is 4.92 Å². The summed E-state index contributed by atoms with van der Waals surface area (Å²) in [4.78, 5) is 22.5. The van der Waals surface area contributed by atoms with Crippen LogP contribution in [0.4, 0.5) is 5.69 Å². The lowest BCUT2D eigenvalue weighted by molar-refractivity contribution is -0.385. The van der Waals surface area contributed by atoms with E-state index >= 15 is 0 Å². The van der Waals surface area contributed by atoms with E-state index in [1.165, 1.54) is 12.1 Å². The van der Waals surface area contributed by atoms with Crippen LogP contribution in [-0.2, 0) is 0 Å². The fourth-order valence-electron chi connectivity index (χ4n) is 1.83. The van der Waals surface area contributed by atoms with Crippen molar-refractivity contribution in [3.8, 4) is 0 Å². The average molecular weight is 346 g/mol. The lowest BCUT2D eigenvalue weighted by Crippen LogP contribution is -1.98. The molecule has 0 heterocycles. The molecule has 0 spiro atoms.